The molecule has 1 saturated carbocycles. The van der Waals surface area contributed by atoms with Gasteiger partial charge in [0.05, 0.1) is 18.8 Å². The minimum Gasteiger partial charge on any atom is -0.494 e. The largest absolute Gasteiger partial charge is 0.494 e. The topological polar surface area (TPSA) is 151 Å². The van der Waals surface area contributed by atoms with E-state index < -0.39 is 35.4 Å². The summed E-state index contributed by atoms with van der Waals surface area (Å²) < 4.78 is 6.85. The molecule has 1 heterocycles. The van der Waals surface area contributed by atoms with E-state index in [4.69, 9.17) is 10.5 Å². The lowest BCUT2D eigenvalue weighted by atomic mass is 10.0. The molecule has 0 radical (unpaired) electrons. The van der Waals surface area contributed by atoms with Crippen molar-refractivity contribution in [2.45, 2.75) is 37.6 Å². The zero-order valence-electron chi connectivity index (χ0n) is 20.4. The van der Waals surface area contributed by atoms with Crippen molar-refractivity contribution in [2.75, 3.05) is 19.7 Å². The average molecular weight is 509 g/mol. The number of H-pyrrole nitrogens is 1. The molecule has 37 heavy (non-hydrogen) atoms. The molecule has 196 valence electrons. The number of hydrogen-bond donors (Lipinski definition) is 4. The number of nitrogens with zero attached hydrogens (tertiary/aromatic N) is 2. The van der Waals surface area contributed by atoms with Gasteiger partial charge in [-0.15, -0.1) is 0 Å². The van der Waals surface area contributed by atoms with Crippen LogP contribution < -0.4 is 21.7 Å². The molecule has 2 aromatic carbocycles. The second-order valence-electron chi connectivity index (χ2n) is 9.25. The van der Waals surface area contributed by atoms with Crippen LogP contribution >= 0.6 is 0 Å². The Labute approximate surface area is 213 Å². The highest BCUT2D eigenvalue weighted by molar-refractivity contribution is 5.94. The summed E-state index contributed by atoms with van der Waals surface area (Å²) in [5.41, 5.74) is 5.68. The Balaban J connectivity index is 1.54. The fraction of sp³-hybridized carbons (Fsp3) is 0.370. The molecule has 0 spiro atoms. The van der Waals surface area contributed by atoms with E-state index in [2.05, 4.69) is 4.98 Å². The average Bonchev–Trinajstić information content (AvgIpc) is 3.17. The number of benzene rings is 2. The summed E-state index contributed by atoms with van der Waals surface area (Å²) in [6.07, 6.45) is -0.0946. The van der Waals surface area contributed by atoms with E-state index in [1.807, 2.05) is 30.3 Å². The third-order valence-electron chi connectivity index (χ3n) is 6.66. The zero-order valence-corrected chi connectivity index (χ0v) is 20.4. The van der Waals surface area contributed by atoms with E-state index in [0.29, 0.717) is 31.0 Å². The molecular weight excluding hydrogens is 476 g/mol. The lowest BCUT2D eigenvalue weighted by Crippen LogP contribution is -2.39. The summed E-state index contributed by atoms with van der Waals surface area (Å²) in [6.45, 7) is 1.49. The predicted octanol–water partition coefficient (Wildman–Crippen LogP) is 0.890. The Kier molecular flexibility index (Phi) is 8.54. The van der Waals surface area contributed by atoms with Crippen molar-refractivity contribution in [3.63, 3.8) is 0 Å². The highest BCUT2D eigenvalue weighted by Crippen LogP contribution is 2.35. The number of amides is 1. The summed E-state index contributed by atoms with van der Waals surface area (Å²) in [5, 5.41) is 21.6. The number of nitrogens with two attached hydrogens (primary N) is 1. The molecular formula is C27H32N4O6. The van der Waals surface area contributed by atoms with Gasteiger partial charge in [0.1, 0.15) is 11.9 Å². The summed E-state index contributed by atoms with van der Waals surface area (Å²) in [5.74, 6) is -0.0859. The fourth-order valence-corrected chi connectivity index (χ4v) is 4.70. The van der Waals surface area contributed by atoms with Crippen LogP contribution in [0.5, 0.6) is 5.75 Å². The van der Waals surface area contributed by atoms with Crippen LogP contribution in [0.25, 0.3) is 0 Å². The van der Waals surface area contributed by atoms with Gasteiger partial charge in [-0.1, -0.05) is 30.3 Å². The number of aromatic nitrogens is 2. The minimum absolute atomic E-state index is 0.162. The molecule has 0 unspecified atom stereocenters. The van der Waals surface area contributed by atoms with Crippen LogP contribution in [-0.2, 0) is 6.54 Å². The molecule has 10 heteroatoms. The van der Waals surface area contributed by atoms with Gasteiger partial charge in [0.15, 0.2) is 0 Å². The van der Waals surface area contributed by atoms with E-state index in [1.54, 1.807) is 29.2 Å². The Morgan fingerprint density at radius 1 is 1.05 bits per heavy atom. The van der Waals surface area contributed by atoms with E-state index in [-0.39, 0.29) is 18.9 Å². The summed E-state index contributed by atoms with van der Waals surface area (Å²) in [7, 11) is 0. The van der Waals surface area contributed by atoms with Gasteiger partial charge < -0.3 is 25.6 Å². The SMILES string of the molecule is NCCCOc1ccc(C(=O)N(Cc2ccccc2)C[C@@H]2C[C@@H](n3ccc(=O)[nH]c3=O)[C@@H](O)[C@@H]2O)cc1. The molecule has 3 aromatic rings. The molecule has 0 aliphatic heterocycles. The maximum atomic E-state index is 13.6. The van der Waals surface area contributed by atoms with Gasteiger partial charge in [-0.25, -0.2) is 4.79 Å². The molecule has 1 fully saturated rings. The van der Waals surface area contributed by atoms with Crippen molar-refractivity contribution in [3.05, 3.63) is 98.8 Å². The van der Waals surface area contributed by atoms with Crippen molar-refractivity contribution < 1.29 is 19.7 Å². The van der Waals surface area contributed by atoms with Gasteiger partial charge >= 0.3 is 5.69 Å². The van der Waals surface area contributed by atoms with Crippen molar-refractivity contribution in [1.82, 2.24) is 14.5 Å². The summed E-state index contributed by atoms with van der Waals surface area (Å²) in [4.78, 5) is 41.1. The van der Waals surface area contributed by atoms with E-state index in [9.17, 15) is 24.6 Å². The highest BCUT2D eigenvalue weighted by Gasteiger charge is 2.43. The van der Waals surface area contributed by atoms with Gasteiger partial charge in [-0.05, 0) is 49.2 Å². The van der Waals surface area contributed by atoms with Crippen molar-refractivity contribution >= 4 is 5.91 Å². The third-order valence-corrected chi connectivity index (χ3v) is 6.66. The smallest absolute Gasteiger partial charge is 0.328 e. The molecule has 4 atom stereocenters. The first-order valence-electron chi connectivity index (χ1n) is 12.3. The zero-order chi connectivity index (χ0) is 26.4. The van der Waals surface area contributed by atoms with Crippen LogP contribution in [-0.4, -0.2) is 62.5 Å². The molecule has 1 aromatic heterocycles. The monoisotopic (exact) mass is 508 g/mol. The molecule has 0 bridgehead atoms. The number of ether oxygens (including phenoxy) is 1. The Morgan fingerprint density at radius 3 is 2.46 bits per heavy atom. The maximum Gasteiger partial charge on any atom is 0.328 e. The number of aromatic amines is 1. The number of carbonyl (C=O) groups excluding carboxylic acids is 1. The lowest BCUT2D eigenvalue weighted by molar-refractivity contribution is -0.000550. The van der Waals surface area contributed by atoms with Crippen LogP contribution in [0, 0.1) is 5.92 Å². The number of nitrogens with one attached hydrogen (secondary N) is 1. The first-order chi connectivity index (χ1) is 17.9. The fourth-order valence-electron chi connectivity index (χ4n) is 4.70. The number of carbonyl (C=O) groups is 1. The third kappa shape index (κ3) is 6.34. The number of rotatable bonds is 10. The highest BCUT2D eigenvalue weighted by atomic mass is 16.5. The van der Waals surface area contributed by atoms with Crippen molar-refractivity contribution in [2.24, 2.45) is 11.7 Å². The van der Waals surface area contributed by atoms with Gasteiger partial charge in [0.2, 0.25) is 0 Å². The molecule has 1 aliphatic carbocycles. The molecule has 4 rings (SSSR count). The maximum absolute atomic E-state index is 13.6. The standard InChI is InChI=1S/C27H32N4O6/c28-12-4-14-37-21-9-7-19(8-10-21)26(35)30(16-18-5-2-1-3-6-18)17-20-15-22(25(34)24(20)33)31-13-11-23(32)29-27(31)36/h1-3,5-11,13,20,22,24-25,33-34H,4,12,14-17,28H2,(H,29,32,36)/t20-,22+,24+,25+/m0/s1. The predicted molar refractivity (Wildman–Crippen MR) is 137 cm³/mol. The lowest BCUT2D eigenvalue weighted by Gasteiger charge is -2.28. The van der Waals surface area contributed by atoms with Crippen LogP contribution in [0.2, 0.25) is 0 Å². The Hall–Kier alpha value is -3.73. The first kappa shape index (κ1) is 26.3. The Bertz CT molecular complexity index is 1290. The van der Waals surface area contributed by atoms with Gasteiger partial charge in [0, 0.05) is 36.8 Å². The van der Waals surface area contributed by atoms with E-state index in [0.717, 1.165) is 12.0 Å². The molecule has 10 nitrogen and oxygen atoms in total. The quantitative estimate of drug-likeness (QED) is 0.297. The van der Waals surface area contributed by atoms with E-state index >= 15 is 0 Å². The second-order valence-corrected chi connectivity index (χ2v) is 9.25. The van der Waals surface area contributed by atoms with Crippen molar-refractivity contribution in [3.8, 4) is 5.75 Å². The Morgan fingerprint density at radius 2 is 1.78 bits per heavy atom. The summed E-state index contributed by atoms with van der Waals surface area (Å²) >= 11 is 0. The molecule has 1 amide bonds. The normalized spacial score (nSPS) is 21.1. The van der Waals surface area contributed by atoms with Gasteiger partial charge in [0.25, 0.3) is 11.5 Å². The van der Waals surface area contributed by atoms with Crippen LogP contribution in [0.4, 0.5) is 0 Å². The van der Waals surface area contributed by atoms with Crippen LogP contribution in [0.15, 0.2) is 76.4 Å². The van der Waals surface area contributed by atoms with Gasteiger partial charge in [-0.3, -0.25) is 19.1 Å². The second kappa shape index (κ2) is 12.0. The molecule has 1 aliphatic rings. The van der Waals surface area contributed by atoms with Crippen molar-refractivity contribution in [1.29, 1.82) is 0 Å². The number of hydrogen-bond acceptors (Lipinski definition) is 7. The first-order valence-corrected chi connectivity index (χ1v) is 12.3. The summed E-state index contributed by atoms with van der Waals surface area (Å²) in [6, 6.07) is 16.8. The minimum atomic E-state index is -1.23. The van der Waals surface area contributed by atoms with E-state index in [1.165, 1.54) is 16.8 Å². The van der Waals surface area contributed by atoms with Gasteiger partial charge in [-0.2, -0.15) is 0 Å². The van der Waals surface area contributed by atoms with Crippen LogP contribution in [0.3, 0.4) is 0 Å². The van der Waals surface area contributed by atoms with Crippen LogP contribution in [0.1, 0.15) is 34.8 Å². The molecule has 0 saturated heterocycles. The number of aliphatic hydroxyl groups is 2. The number of aliphatic hydroxyl groups excluding tert-OH is 2. The molecule has 5 N–H and O–H groups in total.